The third-order valence-corrected chi connectivity index (χ3v) is 7.21. The summed E-state index contributed by atoms with van der Waals surface area (Å²) in [5.41, 5.74) is 1.60. The number of aryl methyl sites for hydroxylation is 1. The number of hydrogen-bond donors (Lipinski definition) is 1. The topological polar surface area (TPSA) is 101 Å². The summed E-state index contributed by atoms with van der Waals surface area (Å²) in [4.78, 5) is 13.1. The minimum absolute atomic E-state index is 0.200. The minimum atomic E-state index is -3.62. The van der Waals surface area contributed by atoms with Crippen LogP contribution in [-0.2, 0) is 23.0 Å². The molecule has 11 heteroatoms. The Balaban J connectivity index is 1.66. The Bertz CT molecular complexity index is 1100. The van der Waals surface area contributed by atoms with Crippen molar-refractivity contribution in [3.63, 3.8) is 0 Å². The fraction of sp³-hybridized carbons (Fsp3) is 0.250. The van der Waals surface area contributed by atoms with E-state index in [1.54, 1.807) is 24.3 Å². The van der Waals surface area contributed by atoms with Crippen LogP contribution in [0.5, 0.6) is 0 Å². The molecule has 1 N–H and O–H groups in total. The number of anilines is 2. The summed E-state index contributed by atoms with van der Waals surface area (Å²) >= 11 is 4.56. The second-order valence-electron chi connectivity index (χ2n) is 5.97. The van der Waals surface area contributed by atoms with Crippen LogP contribution in [0, 0.1) is 6.92 Å². The number of fused-ring (bicyclic) bond motifs is 1. The number of nitrogens with zero attached hydrogens (tertiary/aromatic N) is 5. The van der Waals surface area contributed by atoms with Gasteiger partial charge in [-0.15, -0.1) is 0 Å². The zero-order valence-electron chi connectivity index (χ0n) is 14.3. The third kappa shape index (κ3) is 3.72. The Morgan fingerprint density at radius 2 is 2.15 bits per heavy atom. The lowest BCUT2D eigenvalue weighted by atomic mass is 10.1. The predicted octanol–water partition coefficient (Wildman–Crippen LogP) is 2.89. The molecule has 1 aromatic carbocycles. The van der Waals surface area contributed by atoms with Gasteiger partial charge in [0, 0.05) is 41.1 Å². The summed E-state index contributed by atoms with van der Waals surface area (Å²) in [6.45, 7) is 2.38. The van der Waals surface area contributed by atoms with Gasteiger partial charge in [0.25, 0.3) is 0 Å². The zero-order valence-corrected chi connectivity index (χ0v) is 17.5. The highest BCUT2D eigenvalue weighted by Gasteiger charge is 2.31. The van der Waals surface area contributed by atoms with E-state index in [2.05, 4.69) is 40.6 Å². The first kappa shape index (κ1) is 18.4. The van der Waals surface area contributed by atoms with E-state index in [0.717, 1.165) is 15.7 Å². The van der Waals surface area contributed by atoms with E-state index in [0.29, 0.717) is 29.7 Å². The molecule has 0 spiro atoms. The monoisotopic (exact) mass is 466 g/mol. The first-order valence-electron chi connectivity index (χ1n) is 8.09. The number of rotatable bonds is 4. The molecule has 0 atom stereocenters. The molecule has 3 heterocycles. The Labute approximate surface area is 169 Å². The van der Waals surface area contributed by atoms with E-state index in [1.807, 2.05) is 6.92 Å². The van der Waals surface area contributed by atoms with Gasteiger partial charge in [0.1, 0.15) is 18.0 Å². The van der Waals surface area contributed by atoms with Crippen LogP contribution in [0.1, 0.15) is 17.1 Å². The first-order chi connectivity index (χ1) is 12.9. The molecule has 1 aliphatic rings. The van der Waals surface area contributed by atoms with E-state index in [4.69, 9.17) is 0 Å². The Kier molecular flexibility index (Phi) is 4.93. The van der Waals surface area contributed by atoms with Crippen LogP contribution >= 0.6 is 27.5 Å². The Morgan fingerprint density at radius 1 is 1.30 bits per heavy atom. The average Bonchev–Trinajstić information content (AvgIpc) is 3.06. The molecule has 0 bridgehead atoms. The quantitative estimate of drug-likeness (QED) is 0.630. The van der Waals surface area contributed by atoms with Crippen LogP contribution in [0.2, 0.25) is 0 Å². The van der Waals surface area contributed by atoms with Gasteiger partial charge in [-0.1, -0.05) is 22.0 Å². The summed E-state index contributed by atoms with van der Waals surface area (Å²) in [5, 5.41) is 3.75. The normalized spacial score (nSPS) is 14.7. The number of nitrogens with one attached hydrogen (secondary N) is 1. The molecule has 0 unspecified atom stereocenters. The molecule has 0 saturated heterocycles. The molecule has 4 rings (SSSR count). The van der Waals surface area contributed by atoms with Gasteiger partial charge >= 0.3 is 0 Å². The largest absolute Gasteiger partial charge is 0.315 e. The van der Waals surface area contributed by atoms with Gasteiger partial charge in [-0.05, 0) is 25.1 Å². The molecule has 3 aromatic rings. The average molecular weight is 467 g/mol. The highest BCUT2D eigenvalue weighted by molar-refractivity contribution is 9.10. The zero-order chi connectivity index (χ0) is 19.0. The molecule has 0 saturated carbocycles. The van der Waals surface area contributed by atoms with Gasteiger partial charge in [0.05, 0.1) is 10.6 Å². The summed E-state index contributed by atoms with van der Waals surface area (Å²) in [6.07, 6.45) is 2.00. The number of aromatic nitrogens is 4. The maximum Gasteiger partial charge on any atom is 0.243 e. The van der Waals surface area contributed by atoms with E-state index in [1.165, 1.54) is 22.2 Å². The second kappa shape index (κ2) is 7.23. The fourth-order valence-electron chi connectivity index (χ4n) is 2.85. The highest BCUT2D eigenvalue weighted by Crippen LogP contribution is 2.30. The molecule has 0 radical (unpaired) electrons. The molecule has 27 heavy (non-hydrogen) atoms. The molecule has 0 aliphatic carbocycles. The van der Waals surface area contributed by atoms with Crippen LogP contribution in [0.15, 0.2) is 40.0 Å². The van der Waals surface area contributed by atoms with E-state index in [9.17, 15) is 8.42 Å². The van der Waals surface area contributed by atoms with Crippen molar-refractivity contribution in [1.82, 2.24) is 23.6 Å². The van der Waals surface area contributed by atoms with Gasteiger partial charge in [0.15, 0.2) is 0 Å². The lowest BCUT2D eigenvalue weighted by molar-refractivity contribution is 0.387. The van der Waals surface area contributed by atoms with Gasteiger partial charge in [0.2, 0.25) is 15.2 Å². The van der Waals surface area contributed by atoms with Gasteiger partial charge in [-0.3, -0.25) is 0 Å². The van der Waals surface area contributed by atoms with Crippen molar-refractivity contribution in [2.75, 3.05) is 11.9 Å². The van der Waals surface area contributed by atoms with E-state index in [-0.39, 0.29) is 11.4 Å². The van der Waals surface area contributed by atoms with Gasteiger partial charge < -0.3 is 5.32 Å². The Hall–Kier alpha value is -1.95. The van der Waals surface area contributed by atoms with Crippen molar-refractivity contribution in [3.8, 4) is 0 Å². The van der Waals surface area contributed by atoms with Crippen molar-refractivity contribution in [1.29, 1.82) is 0 Å². The lowest BCUT2D eigenvalue weighted by Crippen LogP contribution is -2.36. The lowest BCUT2D eigenvalue weighted by Gasteiger charge is -2.28. The van der Waals surface area contributed by atoms with Crippen LogP contribution in [-0.4, -0.2) is 38.6 Å². The summed E-state index contributed by atoms with van der Waals surface area (Å²) in [5.74, 6) is 1.23. The third-order valence-electron chi connectivity index (χ3n) is 4.15. The van der Waals surface area contributed by atoms with E-state index >= 15 is 0 Å². The summed E-state index contributed by atoms with van der Waals surface area (Å²) < 4.78 is 32.4. The molecule has 0 fully saturated rings. The van der Waals surface area contributed by atoms with Crippen LogP contribution in [0.4, 0.5) is 10.9 Å². The maximum atomic E-state index is 13.0. The fourth-order valence-corrected chi connectivity index (χ4v) is 5.44. The number of benzene rings is 1. The minimum Gasteiger partial charge on any atom is -0.315 e. The van der Waals surface area contributed by atoms with Gasteiger partial charge in [-0.25, -0.2) is 23.4 Å². The predicted molar refractivity (Wildman–Crippen MR) is 105 cm³/mol. The summed E-state index contributed by atoms with van der Waals surface area (Å²) in [6, 6.07) is 6.71. The molecule has 0 amide bonds. The van der Waals surface area contributed by atoms with Crippen molar-refractivity contribution in [2.45, 2.75) is 24.8 Å². The van der Waals surface area contributed by atoms with Gasteiger partial charge in [-0.2, -0.15) is 8.68 Å². The standard InChI is InChI=1S/C16H15BrN6O2S2/c1-10-20-16(26-22-10)21-15-13-8-23(6-5-14(13)18-9-19-15)27(24,25)12-4-2-3-11(17)7-12/h2-4,7,9H,5-6,8H2,1H3,(H,18,19,20,21,22). The van der Waals surface area contributed by atoms with Crippen LogP contribution in [0.25, 0.3) is 0 Å². The molecule has 1 aliphatic heterocycles. The second-order valence-corrected chi connectivity index (χ2v) is 9.57. The molecule has 2 aromatic heterocycles. The first-order valence-corrected chi connectivity index (χ1v) is 11.1. The number of halogens is 1. The van der Waals surface area contributed by atoms with Crippen molar-refractivity contribution < 1.29 is 8.42 Å². The number of hydrogen-bond acceptors (Lipinski definition) is 8. The SMILES string of the molecule is Cc1nsc(Nc2ncnc3c2CN(S(=O)(=O)c2cccc(Br)c2)CC3)n1. The van der Waals surface area contributed by atoms with Crippen molar-refractivity contribution in [2.24, 2.45) is 0 Å². The highest BCUT2D eigenvalue weighted by atomic mass is 79.9. The van der Waals surface area contributed by atoms with Crippen LogP contribution < -0.4 is 5.32 Å². The Morgan fingerprint density at radius 3 is 2.89 bits per heavy atom. The van der Waals surface area contributed by atoms with Crippen molar-refractivity contribution in [3.05, 3.63) is 52.1 Å². The maximum absolute atomic E-state index is 13.0. The summed E-state index contributed by atoms with van der Waals surface area (Å²) in [7, 11) is -3.62. The number of sulfonamides is 1. The molecule has 140 valence electrons. The molecular formula is C16H15BrN6O2S2. The van der Waals surface area contributed by atoms with Crippen molar-refractivity contribution >= 4 is 48.4 Å². The van der Waals surface area contributed by atoms with Crippen LogP contribution in [0.3, 0.4) is 0 Å². The molecular weight excluding hydrogens is 452 g/mol. The van der Waals surface area contributed by atoms with E-state index < -0.39 is 10.0 Å². The molecule has 8 nitrogen and oxygen atoms in total. The smallest absolute Gasteiger partial charge is 0.243 e.